The van der Waals surface area contributed by atoms with Gasteiger partial charge >= 0.3 is 18.3 Å². The third-order valence-corrected chi connectivity index (χ3v) is 10.2. The van der Waals surface area contributed by atoms with E-state index in [2.05, 4.69) is 57.3 Å². The first-order valence-corrected chi connectivity index (χ1v) is 24.7. The molecule has 0 rings (SSSR count). The number of methoxy groups -OCH3 is 2. The Kier molecular flexibility index (Phi) is 37.2. The van der Waals surface area contributed by atoms with Gasteiger partial charge in [0.1, 0.15) is 55.1 Å². The molecule has 9 N–H and O–H groups in total. The summed E-state index contributed by atoms with van der Waals surface area (Å²) in [5.41, 5.74) is 0. The Morgan fingerprint density at radius 1 is 0.356 bits per heavy atom. The van der Waals surface area contributed by atoms with Crippen LogP contribution in [0.5, 0.6) is 0 Å². The van der Waals surface area contributed by atoms with Crippen LogP contribution in [0, 0.1) is 35.5 Å². The molecule has 0 aliphatic carbocycles. The SMILES string of the molecule is CCOC(=O)N[C@H](C(=O)N[C@@H](C)C(=O)N[C@H](C=O)CC(C)C)C(C)C.COC(=O)NC(C(=O)NC(C)C(=O)NC(C=O)CC(C)C)C(C)C.COC(=O)N[C@H](C(=O)N[C@@H](C)C(=O)N[C@H](C=O)CC(C)C)C(C)C. The molecule has 0 aromatic rings. The van der Waals surface area contributed by atoms with Crippen LogP contribution in [-0.2, 0) is 57.4 Å². The van der Waals surface area contributed by atoms with Gasteiger partial charge in [0.05, 0.1) is 39.0 Å². The lowest BCUT2D eigenvalue weighted by molar-refractivity contribution is -0.131. The van der Waals surface area contributed by atoms with Crippen LogP contribution in [-0.4, -0.2) is 148 Å². The number of alkyl carbamates (subject to hydrolysis) is 3. The molecule has 9 amide bonds. The smallest absolute Gasteiger partial charge is 0.407 e. The highest BCUT2D eigenvalue weighted by Crippen LogP contribution is 2.08. The van der Waals surface area contributed by atoms with Crippen LogP contribution in [0.4, 0.5) is 14.4 Å². The van der Waals surface area contributed by atoms with Crippen LogP contribution >= 0.6 is 0 Å². The average Bonchev–Trinajstić information content (AvgIpc) is 3.29. The maximum absolute atomic E-state index is 12.3. The van der Waals surface area contributed by atoms with Crippen molar-refractivity contribution in [3.8, 4) is 0 Å². The highest BCUT2D eigenvalue weighted by Gasteiger charge is 2.31. The van der Waals surface area contributed by atoms with E-state index in [-0.39, 0.29) is 42.1 Å². The Morgan fingerprint density at radius 2 is 0.589 bits per heavy atom. The fourth-order valence-corrected chi connectivity index (χ4v) is 6.27. The summed E-state index contributed by atoms with van der Waals surface area (Å²) in [5.74, 6) is -2.67. The summed E-state index contributed by atoms with van der Waals surface area (Å²) >= 11 is 0. The van der Waals surface area contributed by atoms with Crippen LogP contribution in [0.2, 0.25) is 0 Å². The molecule has 0 heterocycles. The Morgan fingerprint density at radius 3 is 0.767 bits per heavy atom. The van der Waals surface area contributed by atoms with Crippen LogP contribution in [0.15, 0.2) is 0 Å². The Hall–Kier alpha value is -6.36. The topological polar surface area (TPSA) is 341 Å². The molecule has 0 aromatic heterocycles. The minimum absolute atomic E-state index is 0.191. The molecule has 73 heavy (non-hydrogen) atoms. The van der Waals surface area contributed by atoms with E-state index in [4.69, 9.17) is 4.74 Å². The van der Waals surface area contributed by atoms with Crippen LogP contribution < -0.4 is 47.9 Å². The molecule has 24 nitrogen and oxygen atoms in total. The number of amides is 9. The highest BCUT2D eigenvalue weighted by molar-refractivity contribution is 5.94. The molecule has 0 spiro atoms. The quantitative estimate of drug-likeness (QED) is 0.0401. The van der Waals surface area contributed by atoms with Crippen molar-refractivity contribution >= 4 is 72.6 Å². The van der Waals surface area contributed by atoms with Crippen LogP contribution in [0.25, 0.3) is 0 Å². The Labute approximate surface area is 431 Å². The van der Waals surface area contributed by atoms with Crippen LogP contribution in [0.3, 0.4) is 0 Å². The predicted octanol–water partition coefficient (Wildman–Crippen LogP) is 2.19. The summed E-state index contributed by atoms with van der Waals surface area (Å²) in [7, 11) is 2.41. The number of carbonyl (C=O) groups excluding carboxylic acids is 12. The Bertz CT molecular complexity index is 1680. The van der Waals surface area contributed by atoms with Crippen molar-refractivity contribution in [2.75, 3.05) is 20.8 Å². The molecule has 0 saturated carbocycles. The second kappa shape index (κ2) is 38.3. The van der Waals surface area contributed by atoms with Gasteiger partial charge in [0.15, 0.2) is 0 Å². The van der Waals surface area contributed by atoms with Crippen molar-refractivity contribution in [3.63, 3.8) is 0 Å². The molecule has 0 saturated heterocycles. The molecular formula is C49H89N9O15. The summed E-state index contributed by atoms with van der Waals surface area (Å²) in [6.45, 7) is 28.7. The lowest BCUT2D eigenvalue weighted by Crippen LogP contribution is -2.55. The minimum Gasteiger partial charge on any atom is -0.453 e. The predicted molar refractivity (Wildman–Crippen MR) is 272 cm³/mol. The van der Waals surface area contributed by atoms with Gasteiger partial charge in [-0.05, 0) is 82.5 Å². The first-order chi connectivity index (χ1) is 33.8. The summed E-state index contributed by atoms with van der Waals surface area (Å²) in [5, 5.41) is 22.7. The van der Waals surface area contributed by atoms with Crippen molar-refractivity contribution in [1.82, 2.24) is 47.9 Å². The number of rotatable bonds is 28. The van der Waals surface area contributed by atoms with E-state index >= 15 is 0 Å². The van der Waals surface area contributed by atoms with E-state index in [1.165, 1.54) is 35.0 Å². The molecule has 0 aromatic carbocycles. The maximum Gasteiger partial charge on any atom is 0.407 e. The van der Waals surface area contributed by atoms with Gasteiger partial charge in [-0.3, -0.25) is 28.8 Å². The summed E-state index contributed by atoms with van der Waals surface area (Å²) in [6.07, 6.45) is 1.48. The van der Waals surface area contributed by atoms with Gasteiger partial charge in [0, 0.05) is 0 Å². The molecule has 9 atom stereocenters. The summed E-state index contributed by atoms with van der Waals surface area (Å²) < 4.78 is 13.8. The number of aldehydes is 3. The van der Waals surface area contributed by atoms with E-state index in [9.17, 15) is 57.5 Å². The monoisotopic (exact) mass is 1040 g/mol. The summed E-state index contributed by atoms with van der Waals surface area (Å²) in [4.78, 5) is 140. The van der Waals surface area contributed by atoms with E-state index in [1.54, 1.807) is 48.5 Å². The van der Waals surface area contributed by atoms with Crippen molar-refractivity contribution in [2.45, 2.75) is 184 Å². The highest BCUT2D eigenvalue weighted by atomic mass is 16.6. The van der Waals surface area contributed by atoms with Crippen molar-refractivity contribution in [1.29, 1.82) is 0 Å². The Balaban J connectivity index is -0.00000101. The molecule has 3 unspecified atom stereocenters. The molecule has 24 heteroatoms. The van der Waals surface area contributed by atoms with Crippen molar-refractivity contribution < 1.29 is 71.7 Å². The average molecular weight is 1040 g/mol. The van der Waals surface area contributed by atoms with Gasteiger partial charge in [-0.2, -0.15) is 0 Å². The van der Waals surface area contributed by atoms with Gasteiger partial charge in [0.25, 0.3) is 0 Å². The van der Waals surface area contributed by atoms with E-state index in [0.717, 1.165) is 0 Å². The summed E-state index contributed by atoms with van der Waals surface area (Å²) in [6, 6.07) is -6.78. The molecular weight excluding hydrogens is 955 g/mol. The third kappa shape index (κ3) is 32.4. The maximum atomic E-state index is 12.3. The zero-order chi connectivity index (χ0) is 57.3. The zero-order valence-corrected chi connectivity index (χ0v) is 46.3. The van der Waals surface area contributed by atoms with Gasteiger partial charge in [0.2, 0.25) is 35.4 Å². The van der Waals surface area contributed by atoms with Gasteiger partial charge < -0.3 is 76.4 Å². The number of carbonyl (C=O) groups is 12. The number of nitrogens with one attached hydrogen (secondary N) is 9. The van der Waals surface area contributed by atoms with E-state index in [0.29, 0.717) is 38.1 Å². The number of ether oxygens (including phenoxy) is 3. The molecule has 420 valence electrons. The minimum atomic E-state index is -0.840. The van der Waals surface area contributed by atoms with Crippen LogP contribution in [0.1, 0.15) is 130 Å². The van der Waals surface area contributed by atoms with Gasteiger partial charge in [-0.1, -0.05) is 83.1 Å². The third-order valence-electron chi connectivity index (χ3n) is 10.2. The van der Waals surface area contributed by atoms with Crippen molar-refractivity contribution in [3.05, 3.63) is 0 Å². The molecule has 0 bridgehead atoms. The molecule has 0 radical (unpaired) electrons. The molecule has 0 aliphatic rings. The standard InChI is InChI=1S/C17H31N3O5.2C16H29N3O5/c1-7-25-17(24)20-14(11(4)5)16(23)18-12(6)15(22)19-13(9-21)8-10(2)3;2*1-9(2)7-12(8-20)18-14(21)11(5)17-15(22)13(10(3)4)19-16(23)24-6/h9-14H,7-8H2,1-6H3,(H,18,23)(H,19,22)(H,20,24);2*8-13H,7H2,1-6H3,(H,17,22)(H,18,21)(H,19,23)/t12-,13-,14-;11-,12-,13-;/m00./s1. The normalized spacial score (nSPS) is 14.5. The fraction of sp³-hybridized carbons (Fsp3) is 0.755. The van der Waals surface area contributed by atoms with Gasteiger partial charge in [-0.25, -0.2) is 14.4 Å². The fourth-order valence-electron chi connectivity index (χ4n) is 6.27. The number of hydrogen-bond acceptors (Lipinski definition) is 15. The van der Waals surface area contributed by atoms with E-state index < -0.39 is 108 Å². The molecule has 0 aliphatic heterocycles. The largest absolute Gasteiger partial charge is 0.453 e. The van der Waals surface area contributed by atoms with Gasteiger partial charge in [-0.15, -0.1) is 0 Å². The first-order valence-electron chi connectivity index (χ1n) is 24.7. The lowest BCUT2D eigenvalue weighted by atomic mass is 10.0. The van der Waals surface area contributed by atoms with E-state index in [1.807, 2.05) is 41.5 Å². The zero-order valence-electron chi connectivity index (χ0n) is 46.3. The first kappa shape index (κ1) is 70.9. The second-order valence-electron chi connectivity index (χ2n) is 19.6. The van der Waals surface area contributed by atoms with Crippen molar-refractivity contribution in [2.24, 2.45) is 35.5 Å². The number of hydrogen-bond donors (Lipinski definition) is 9. The molecule has 0 fully saturated rings. The second-order valence-corrected chi connectivity index (χ2v) is 19.6. The lowest BCUT2D eigenvalue weighted by Gasteiger charge is -2.24.